The predicted molar refractivity (Wildman–Crippen MR) is 118 cm³/mol. The second-order valence-corrected chi connectivity index (χ2v) is 7.06. The highest BCUT2D eigenvalue weighted by atomic mass is 16.6. The Morgan fingerprint density at radius 3 is 2.48 bits per heavy atom. The summed E-state index contributed by atoms with van der Waals surface area (Å²) in [7, 11) is 3.00. The Labute approximate surface area is 188 Å². The molecule has 0 spiro atoms. The van der Waals surface area contributed by atoms with Crippen molar-refractivity contribution in [2.45, 2.75) is 13.5 Å². The van der Waals surface area contributed by atoms with Crippen LogP contribution in [0, 0.1) is 27.2 Å². The van der Waals surface area contributed by atoms with Gasteiger partial charge >= 0.3 is 5.69 Å². The maximum atomic E-state index is 12.4. The van der Waals surface area contributed by atoms with Gasteiger partial charge in [0.2, 0.25) is 11.5 Å². The smallest absolute Gasteiger partial charge is 0.318 e. The van der Waals surface area contributed by atoms with Crippen LogP contribution in [-0.4, -0.2) is 32.5 Å². The zero-order valence-corrected chi connectivity index (χ0v) is 18.0. The molecule has 0 aliphatic heterocycles. The van der Waals surface area contributed by atoms with E-state index in [2.05, 4.69) is 5.10 Å². The number of rotatable bonds is 9. The highest BCUT2D eigenvalue weighted by molar-refractivity contribution is 6.08. The van der Waals surface area contributed by atoms with Crippen molar-refractivity contribution < 1.29 is 24.1 Å². The summed E-state index contributed by atoms with van der Waals surface area (Å²) in [6.07, 6.45) is 3.89. The molecule has 0 saturated heterocycles. The summed E-state index contributed by atoms with van der Waals surface area (Å²) in [5, 5.41) is 25.9. The first-order chi connectivity index (χ1) is 15.7. The average Bonchev–Trinajstić information content (AvgIpc) is 3.18. The van der Waals surface area contributed by atoms with Gasteiger partial charge in [0.25, 0.3) is 5.69 Å². The molecule has 0 N–H and O–H groups in total. The number of allylic oxidation sites excluding steroid dienone is 1. The number of nitro benzene ring substituents is 1. The normalized spacial score (nSPS) is 10.9. The van der Waals surface area contributed by atoms with E-state index in [9.17, 15) is 25.0 Å². The third-order valence-electron chi connectivity index (χ3n) is 4.73. The maximum absolute atomic E-state index is 12.4. The lowest BCUT2D eigenvalue weighted by atomic mass is 10.1. The lowest BCUT2D eigenvalue weighted by molar-refractivity contribution is -0.385. The Balaban J connectivity index is 1.78. The molecule has 33 heavy (non-hydrogen) atoms. The Kier molecular flexibility index (Phi) is 6.82. The van der Waals surface area contributed by atoms with E-state index in [0.717, 1.165) is 0 Å². The van der Waals surface area contributed by atoms with Gasteiger partial charge in [0.05, 0.1) is 17.0 Å². The van der Waals surface area contributed by atoms with Crippen molar-refractivity contribution in [1.82, 2.24) is 9.78 Å². The second-order valence-electron chi connectivity index (χ2n) is 7.06. The number of ether oxygens (including phenoxy) is 2. The summed E-state index contributed by atoms with van der Waals surface area (Å²) in [6.45, 7) is 1.74. The van der Waals surface area contributed by atoms with Crippen molar-refractivity contribution in [2.75, 3.05) is 7.11 Å². The second kappa shape index (κ2) is 9.73. The SMILES string of the molecule is COc1ccc(/C=C/C(=O)c2nn(C)cc2[N+](=O)[O-])cc1COc1ccc([N+](=O)[O-])c(C)c1. The molecule has 2 aromatic carbocycles. The van der Waals surface area contributed by atoms with Gasteiger partial charge in [-0.2, -0.15) is 5.10 Å². The molecule has 170 valence electrons. The lowest BCUT2D eigenvalue weighted by Crippen LogP contribution is -2.01. The molecule has 0 bridgehead atoms. The first-order valence-electron chi connectivity index (χ1n) is 9.64. The molecule has 11 nitrogen and oxygen atoms in total. The fourth-order valence-corrected chi connectivity index (χ4v) is 3.13. The Hall–Kier alpha value is -4.54. The lowest BCUT2D eigenvalue weighted by Gasteiger charge is -2.12. The Morgan fingerprint density at radius 2 is 1.85 bits per heavy atom. The first-order valence-corrected chi connectivity index (χ1v) is 9.64. The van der Waals surface area contributed by atoms with Crippen molar-refractivity contribution in [3.63, 3.8) is 0 Å². The molecule has 1 aromatic heterocycles. The van der Waals surface area contributed by atoms with Crippen LogP contribution in [0.5, 0.6) is 11.5 Å². The van der Waals surface area contributed by atoms with Crippen LogP contribution in [0.2, 0.25) is 0 Å². The number of benzene rings is 2. The number of nitrogens with zero attached hydrogens (tertiary/aromatic N) is 4. The van der Waals surface area contributed by atoms with Gasteiger partial charge in [-0.25, -0.2) is 0 Å². The Morgan fingerprint density at radius 1 is 1.12 bits per heavy atom. The molecule has 0 aliphatic rings. The third-order valence-corrected chi connectivity index (χ3v) is 4.73. The number of carbonyl (C=O) groups is 1. The summed E-state index contributed by atoms with van der Waals surface area (Å²) in [5.74, 6) is 0.411. The first kappa shape index (κ1) is 23.1. The minimum absolute atomic E-state index is 0.00451. The van der Waals surface area contributed by atoms with Crippen LogP contribution < -0.4 is 9.47 Å². The number of methoxy groups -OCH3 is 1. The molecule has 0 fully saturated rings. The van der Waals surface area contributed by atoms with Crippen LogP contribution in [0.1, 0.15) is 27.2 Å². The van der Waals surface area contributed by atoms with Gasteiger partial charge < -0.3 is 9.47 Å². The maximum Gasteiger partial charge on any atom is 0.318 e. The molecule has 0 atom stereocenters. The number of carbonyl (C=O) groups excluding carboxylic acids is 1. The molecule has 1 heterocycles. The minimum atomic E-state index is -0.656. The average molecular weight is 452 g/mol. The van der Waals surface area contributed by atoms with Gasteiger partial charge in [-0.05, 0) is 42.8 Å². The molecule has 0 unspecified atom stereocenters. The molecule has 0 radical (unpaired) electrons. The summed E-state index contributed by atoms with van der Waals surface area (Å²) in [5.41, 5.74) is 1.18. The van der Waals surface area contributed by atoms with E-state index in [1.54, 1.807) is 31.2 Å². The van der Waals surface area contributed by atoms with Gasteiger partial charge in [0.15, 0.2) is 0 Å². The number of aryl methyl sites for hydroxylation is 2. The Bertz CT molecular complexity index is 1260. The van der Waals surface area contributed by atoms with Crippen molar-refractivity contribution in [3.05, 3.63) is 91.3 Å². The number of ketones is 1. The van der Waals surface area contributed by atoms with Crippen LogP contribution >= 0.6 is 0 Å². The van der Waals surface area contributed by atoms with Crippen molar-refractivity contribution in [2.24, 2.45) is 7.05 Å². The van der Waals surface area contributed by atoms with E-state index in [0.29, 0.717) is 28.2 Å². The van der Waals surface area contributed by atoms with E-state index in [-0.39, 0.29) is 23.7 Å². The van der Waals surface area contributed by atoms with Gasteiger partial charge in [0, 0.05) is 24.2 Å². The summed E-state index contributed by atoms with van der Waals surface area (Å²) in [4.78, 5) is 33.4. The number of nitro groups is 2. The largest absolute Gasteiger partial charge is 0.496 e. The van der Waals surface area contributed by atoms with Crippen LogP contribution in [0.3, 0.4) is 0 Å². The van der Waals surface area contributed by atoms with Crippen molar-refractivity contribution >= 4 is 23.2 Å². The highest BCUT2D eigenvalue weighted by Crippen LogP contribution is 2.26. The summed E-state index contributed by atoms with van der Waals surface area (Å²) < 4.78 is 12.3. The molecule has 3 rings (SSSR count). The fraction of sp³-hybridized carbons (Fsp3) is 0.182. The van der Waals surface area contributed by atoms with Crippen LogP contribution in [-0.2, 0) is 13.7 Å². The molecule has 3 aromatic rings. The third kappa shape index (κ3) is 5.39. The number of aromatic nitrogens is 2. The quantitative estimate of drug-likeness (QED) is 0.205. The van der Waals surface area contributed by atoms with Gasteiger partial charge in [0.1, 0.15) is 24.3 Å². The number of hydrogen-bond acceptors (Lipinski definition) is 8. The van der Waals surface area contributed by atoms with E-state index in [1.807, 2.05) is 0 Å². The molecule has 11 heteroatoms. The van der Waals surface area contributed by atoms with Gasteiger partial charge in [-0.15, -0.1) is 0 Å². The highest BCUT2D eigenvalue weighted by Gasteiger charge is 2.23. The predicted octanol–water partition coefficient (Wildman–Crippen LogP) is 4.03. The van der Waals surface area contributed by atoms with Crippen LogP contribution in [0.15, 0.2) is 48.7 Å². The number of hydrogen-bond donors (Lipinski definition) is 0. The van der Waals surface area contributed by atoms with Gasteiger partial charge in [-0.1, -0.05) is 12.1 Å². The fourth-order valence-electron chi connectivity index (χ4n) is 3.13. The van der Waals surface area contributed by atoms with Crippen LogP contribution in [0.4, 0.5) is 11.4 Å². The molecule has 0 saturated carbocycles. The van der Waals surface area contributed by atoms with E-state index >= 15 is 0 Å². The molecule has 0 aliphatic carbocycles. The topological polar surface area (TPSA) is 140 Å². The summed E-state index contributed by atoms with van der Waals surface area (Å²) >= 11 is 0. The van der Waals surface area contributed by atoms with Crippen molar-refractivity contribution in [3.8, 4) is 11.5 Å². The zero-order valence-electron chi connectivity index (χ0n) is 18.0. The molecular weight excluding hydrogens is 432 g/mol. The summed E-state index contributed by atoms with van der Waals surface area (Å²) in [6, 6.07) is 9.63. The standard InChI is InChI=1S/C22H20N4O7/c1-14-10-17(6-7-18(14)25(28)29)33-13-16-11-15(5-9-21(16)32-3)4-8-20(27)22-19(26(30)31)12-24(2)23-22/h4-12H,13H2,1-3H3/b8-4+. The monoisotopic (exact) mass is 452 g/mol. The van der Waals surface area contributed by atoms with E-state index in [1.165, 1.54) is 49.3 Å². The molecular formula is C22H20N4O7. The van der Waals surface area contributed by atoms with Crippen LogP contribution in [0.25, 0.3) is 6.08 Å². The van der Waals surface area contributed by atoms with Gasteiger partial charge in [-0.3, -0.25) is 29.7 Å². The minimum Gasteiger partial charge on any atom is -0.496 e. The molecule has 0 amide bonds. The van der Waals surface area contributed by atoms with E-state index in [4.69, 9.17) is 9.47 Å². The van der Waals surface area contributed by atoms with Crippen molar-refractivity contribution in [1.29, 1.82) is 0 Å². The zero-order chi connectivity index (χ0) is 24.1. The van der Waals surface area contributed by atoms with E-state index < -0.39 is 15.6 Å².